The molecule has 0 radical (unpaired) electrons. The summed E-state index contributed by atoms with van der Waals surface area (Å²) in [6.07, 6.45) is 18.7. The summed E-state index contributed by atoms with van der Waals surface area (Å²) in [6, 6.07) is 4.77. The largest absolute Gasteiger partial charge is 0.478 e. The number of carbonyl (C=O) groups is 1. The van der Waals surface area contributed by atoms with Gasteiger partial charge >= 0.3 is 5.97 Å². The maximum Gasteiger partial charge on any atom is 0.328 e. The van der Waals surface area contributed by atoms with Gasteiger partial charge in [0.2, 0.25) is 0 Å². The molecule has 3 heteroatoms. The van der Waals surface area contributed by atoms with Crippen LogP contribution >= 0.6 is 0 Å². The number of hydrogen-bond acceptors (Lipinski definition) is 2. The number of hydrogen-bond donors (Lipinski definition) is 2. The normalized spacial score (nSPS) is 19.9. The molecule has 176 valence electrons. The van der Waals surface area contributed by atoms with Crippen LogP contribution in [0.1, 0.15) is 89.5 Å². The third-order valence-corrected chi connectivity index (χ3v) is 6.69. The second kappa shape index (κ2) is 9.99. The fourth-order valence-electron chi connectivity index (χ4n) is 4.66. The molecule has 2 aliphatic carbocycles. The van der Waals surface area contributed by atoms with Gasteiger partial charge in [0, 0.05) is 35.6 Å². The standard InChI is InChI=1S/C30H39NO2/c1-7-8-9-15-31-24-17-22(12-10-11-21(2)16-28(32)33)25-20-27-26(19-23(25)18-24)29(3,4)13-14-30(27,5)6/h10-14,16,18-20,31H,7-9,15,17H2,1-6H3,(H,32,33). The van der Waals surface area contributed by atoms with Crippen molar-refractivity contribution in [2.75, 3.05) is 6.54 Å². The summed E-state index contributed by atoms with van der Waals surface area (Å²) in [5.74, 6) is -0.918. The SMILES string of the molecule is CCCCCNC1=Cc2cc3c(cc2C(=CC=CC(C)=CC(=O)O)C1)C(C)(C)C=CC3(C)C. The van der Waals surface area contributed by atoms with Crippen molar-refractivity contribution in [1.29, 1.82) is 0 Å². The van der Waals surface area contributed by atoms with Crippen molar-refractivity contribution in [1.82, 2.24) is 5.32 Å². The second-order valence-electron chi connectivity index (χ2n) is 10.5. The molecular formula is C30H39NO2. The minimum Gasteiger partial charge on any atom is -0.478 e. The zero-order valence-electron chi connectivity index (χ0n) is 21.1. The molecule has 1 aromatic carbocycles. The molecule has 33 heavy (non-hydrogen) atoms. The number of benzene rings is 1. The Morgan fingerprint density at radius 2 is 1.76 bits per heavy atom. The van der Waals surface area contributed by atoms with E-state index < -0.39 is 5.97 Å². The van der Waals surface area contributed by atoms with E-state index in [2.05, 4.69) is 76.4 Å². The number of rotatable bonds is 8. The number of unbranched alkanes of at least 4 members (excludes halogenated alkanes) is 2. The van der Waals surface area contributed by atoms with E-state index >= 15 is 0 Å². The molecular weight excluding hydrogens is 406 g/mol. The molecule has 2 N–H and O–H groups in total. The fourth-order valence-corrected chi connectivity index (χ4v) is 4.66. The van der Waals surface area contributed by atoms with Gasteiger partial charge in [-0.25, -0.2) is 4.79 Å². The average Bonchev–Trinajstić information content (AvgIpc) is 2.73. The van der Waals surface area contributed by atoms with Gasteiger partial charge in [-0.05, 0) is 65.0 Å². The van der Waals surface area contributed by atoms with Crippen LogP contribution in [0.15, 0.2) is 59.9 Å². The van der Waals surface area contributed by atoms with Crippen LogP contribution in [-0.4, -0.2) is 17.6 Å². The number of allylic oxidation sites excluding steroid dienone is 7. The van der Waals surface area contributed by atoms with Gasteiger partial charge in [0.05, 0.1) is 0 Å². The molecule has 0 atom stereocenters. The van der Waals surface area contributed by atoms with Crippen molar-refractivity contribution >= 4 is 17.6 Å². The molecule has 0 spiro atoms. The first kappa shape index (κ1) is 24.8. The van der Waals surface area contributed by atoms with E-state index in [4.69, 9.17) is 5.11 Å². The van der Waals surface area contributed by atoms with Crippen molar-refractivity contribution in [3.8, 4) is 0 Å². The molecule has 1 aromatic rings. The van der Waals surface area contributed by atoms with Gasteiger partial charge in [-0.2, -0.15) is 0 Å². The quantitative estimate of drug-likeness (QED) is 0.191. The van der Waals surface area contributed by atoms with Gasteiger partial charge in [0.1, 0.15) is 0 Å². The highest BCUT2D eigenvalue weighted by Gasteiger charge is 2.34. The van der Waals surface area contributed by atoms with Crippen molar-refractivity contribution < 1.29 is 9.90 Å². The summed E-state index contributed by atoms with van der Waals surface area (Å²) in [5.41, 5.74) is 8.54. The first-order valence-electron chi connectivity index (χ1n) is 12.2. The van der Waals surface area contributed by atoms with Gasteiger partial charge in [-0.1, -0.05) is 77.8 Å². The smallest absolute Gasteiger partial charge is 0.328 e. The van der Waals surface area contributed by atoms with E-state index in [9.17, 15) is 4.79 Å². The molecule has 0 aliphatic heterocycles. The molecule has 0 aromatic heterocycles. The van der Waals surface area contributed by atoms with Crippen molar-refractivity contribution in [3.63, 3.8) is 0 Å². The van der Waals surface area contributed by atoms with E-state index in [0.29, 0.717) is 0 Å². The zero-order chi connectivity index (χ0) is 24.2. The van der Waals surface area contributed by atoms with Gasteiger partial charge in [0.15, 0.2) is 0 Å². The third kappa shape index (κ3) is 5.96. The van der Waals surface area contributed by atoms with Gasteiger partial charge in [-0.3, -0.25) is 0 Å². The Bertz CT molecular complexity index is 1060. The molecule has 3 rings (SSSR count). The Hall–Kier alpha value is -2.81. The lowest BCUT2D eigenvalue weighted by atomic mass is 9.66. The maximum atomic E-state index is 10.9. The Balaban J connectivity index is 2.05. The Morgan fingerprint density at radius 1 is 1.09 bits per heavy atom. The fraction of sp³-hybridized carbons (Fsp3) is 0.433. The molecule has 0 unspecified atom stereocenters. The lowest BCUT2D eigenvalue weighted by Crippen LogP contribution is -2.29. The van der Waals surface area contributed by atoms with Crippen LogP contribution in [0.3, 0.4) is 0 Å². The Morgan fingerprint density at radius 3 is 2.39 bits per heavy atom. The minimum atomic E-state index is -0.918. The van der Waals surface area contributed by atoms with Crippen LogP contribution in [0, 0.1) is 0 Å². The molecule has 0 fully saturated rings. The summed E-state index contributed by atoms with van der Waals surface area (Å²) in [7, 11) is 0. The molecule has 0 amide bonds. The predicted octanol–water partition coefficient (Wildman–Crippen LogP) is 7.31. The summed E-state index contributed by atoms with van der Waals surface area (Å²) < 4.78 is 0. The van der Waals surface area contributed by atoms with E-state index in [-0.39, 0.29) is 10.8 Å². The highest BCUT2D eigenvalue weighted by molar-refractivity contribution is 5.83. The van der Waals surface area contributed by atoms with Crippen molar-refractivity contribution in [2.24, 2.45) is 0 Å². The number of fused-ring (bicyclic) bond motifs is 2. The van der Waals surface area contributed by atoms with Crippen LogP contribution in [0.2, 0.25) is 0 Å². The topological polar surface area (TPSA) is 49.3 Å². The Kier molecular flexibility index (Phi) is 7.51. The molecule has 2 aliphatic rings. The summed E-state index contributed by atoms with van der Waals surface area (Å²) in [6.45, 7) is 14.2. The van der Waals surface area contributed by atoms with Crippen molar-refractivity contribution in [3.05, 3.63) is 82.1 Å². The lowest BCUT2D eigenvalue weighted by Gasteiger charge is -2.38. The molecule has 0 heterocycles. The maximum absolute atomic E-state index is 10.9. The highest BCUT2D eigenvalue weighted by atomic mass is 16.4. The first-order chi connectivity index (χ1) is 15.5. The van der Waals surface area contributed by atoms with E-state index in [0.717, 1.165) is 18.5 Å². The first-order valence-corrected chi connectivity index (χ1v) is 12.2. The molecule has 0 saturated heterocycles. The second-order valence-corrected chi connectivity index (χ2v) is 10.5. The van der Waals surface area contributed by atoms with Crippen LogP contribution in [0.4, 0.5) is 0 Å². The zero-order valence-corrected chi connectivity index (χ0v) is 21.1. The molecule has 0 saturated carbocycles. The summed E-state index contributed by atoms with van der Waals surface area (Å²) in [4.78, 5) is 10.9. The van der Waals surface area contributed by atoms with Crippen LogP contribution in [0.5, 0.6) is 0 Å². The number of aliphatic carboxylic acids is 1. The number of carboxylic acids is 1. The van der Waals surface area contributed by atoms with Gasteiger partial charge in [-0.15, -0.1) is 0 Å². The predicted molar refractivity (Wildman–Crippen MR) is 140 cm³/mol. The molecule has 3 nitrogen and oxygen atoms in total. The number of carboxylic acid groups (broad SMARTS) is 1. The van der Waals surface area contributed by atoms with Gasteiger partial charge in [0.25, 0.3) is 0 Å². The lowest BCUT2D eigenvalue weighted by molar-refractivity contribution is -0.131. The van der Waals surface area contributed by atoms with Crippen molar-refractivity contribution in [2.45, 2.75) is 78.1 Å². The third-order valence-electron chi connectivity index (χ3n) is 6.69. The Labute approximate surface area is 199 Å². The highest BCUT2D eigenvalue weighted by Crippen LogP contribution is 2.45. The summed E-state index contributed by atoms with van der Waals surface area (Å²) in [5, 5.41) is 12.6. The average molecular weight is 446 g/mol. The monoisotopic (exact) mass is 445 g/mol. The molecule has 0 bridgehead atoms. The van der Waals surface area contributed by atoms with Crippen LogP contribution < -0.4 is 5.32 Å². The van der Waals surface area contributed by atoms with E-state index in [1.807, 2.05) is 19.1 Å². The van der Waals surface area contributed by atoms with E-state index in [1.54, 1.807) is 0 Å². The van der Waals surface area contributed by atoms with Crippen LogP contribution in [-0.2, 0) is 15.6 Å². The minimum absolute atomic E-state index is 0.00239. The number of nitrogens with one attached hydrogen (secondary N) is 1. The van der Waals surface area contributed by atoms with Crippen LogP contribution in [0.25, 0.3) is 11.6 Å². The van der Waals surface area contributed by atoms with Gasteiger partial charge < -0.3 is 10.4 Å². The summed E-state index contributed by atoms with van der Waals surface area (Å²) >= 11 is 0. The van der Waals surface area contributed by atoms with E-state index in [1.165, 1.54) is 58.9 Å².